The maximum absolute atomic E-state index is 12.4. The van der Waals surface area contributed by atoms with Crippen LogP contribution in [0.5, 0.6) is 0 Å². The minimum atomic E-state index is -0.00464. The highest BCUT2D eigenvalue weighted by molar-refractivity contribution is 7.99. The van der Waals surface area contributed by atoms with Crippen LogP contribution in [0.2, 0.25) is 0 Å². The number of amides is 1. The van der Waals surface area contributed by atoms with Crippen LogP contribution < -0.4 is 5.32 Å². The van der Waals surface area contributed by atoms with Crippen LogP contribution in [0.25, 0.3) is 0 Å². The molecular weight excluding hydrogens is 376 g/mol. The molecule has 2 heterocycles. The number of hydrogen-bond donors (Lipinski definition) is 1. The van der Waals surface area contributed by atoms with Gasteiger partial charge in [0.25, 0.3) is 0 Å². The quantitative estimate of drug-likeness (QED) is 0.577. The van der Waals surface area contributed by atoms with Gasteiger partial charge in [-0.2, -0.15) is 0 Å². The lowest BCUT2D eigenvalue weighted by Crippen LogP contribution is -2.28. The summed E-state index contributed by atoms with van der Waals surface area (Å²) < 4.78 is 2.23. The van der Waals surface area contributed by atoms with Crippen molar-refractivity contribution in [3.8, 4) is 0 Å². The van der Waals surface area contributed by atoms with Gasteiger partial charge in [-0.25, -0.2) is 0 Å². The van der Waals surface area contributed by atoms with Crippen LogP contribution >= 0.6 is 23.1 Å². The van der Waals surface area contributed by atoms with Crippen molar-refractivity contribution in [1.82, 2.24) is 20.1 Å². The van der Waals surface area contributed by atoms with Crippen LogP contribution in [0, 0.1) is 0 Å². The van der Waals surface area contributed by atoms with Gasteiger partial charge in [0.1, 0.15) is 5.82 Å². The van der Waals surface area contributed by atoms with Crippen LogP contribution in [0.4, 0.5) is 0 Å². The molecule has 2 aromatic heterocycles. The number of aromatic nitrogens is 3. The van der Waals surface area contributed by atoms with Gasteiger partial charge in [-0.05, 0) is 36.8 Å². The van der Waals surface area contributed by atoms with Gasteiger partial charge >= 0.3 is 0 Å². The number of nitrogens with zero attached hydrogens (tertiary/aromatic N) is 3. The highest BCUT2D eigenvalue weighted by Crippen LogP contribution is 2.39. The Labute approximate surface area is 167 Å². The van der Waals surface area contributed by atoms with Crippen LogP contribution in [-0.2, 0) is 11.2 Å². The molecule has 1 N–H and O–H groups in total. The molecule has 1 amide bonds. The fraction of sp³-hybridized carbons (Fsp3) is 0.350. The molecule has 7 heteroatoms. The molecule has 1 fully saturated rings. The van der Waals surface area contributed by atoms with E-state index in [1.54, 1.807) is 11.3 Å². The number of nitrogens with one attached hydrogen (secondary N) is 1. The van der Waals surface area contributed by atoms with E-state index in [0.717, 1.165) is 23.0 Å². The van der Waals surface area contributed by atoms with E-state index in [1.165, 1.54) is 29.5 Å². The van der Waals surface area contributed by atoms with Gasteiger partial charge in [-0.15, -0.1) is 21.5 Å². The second-order valence-electron chi connectivity index (χ2n) is 6.74. The summed E-state index contributed by atoms with van der Waals surface area (Å²) in [7, 11) is 0. The lowest BCUT2D eigenvalue weighted by molar-refractivity contribution is -0.119. The zero-order chi connectivity index (χ0) is 18.6. The molecule has 1 saturated carbocycles. The average molecular weight is 399 g/mol. The number of thioether (sulfide) groups is 1. The number of hydrogen-bond acceptors (Lipinski definition) is 5. The lowest BCUT2D eigenvalue weighted by atomic mass is 10.1. The zero-order valence-electron chi connectivity index (χ0n) is 15.2. The Morgan fingerprint density at radius 3 is 2.78 bits per heavy atom. The van der Waals surface area contributed by atoms with Crippen molar-refractivity contribution in [2.24, 2.45) is 0 Å². The van der Waals surface area contributed by atoms with Gasteiger partial charge < -0.3 is 9.88 Å². The summed E-state index contributed by atoms with van der Waals surface area (Å²) in [4.78, 5) is 13.7. The number of thiophene rings is 1. The standard InChI is InChI=1S/C20H22N4OS2/c1-14(15-6-3-2-4-7-15)21-19(25)13-27-20-23-22-18(24(20)16-9-10-16)12-17-8-5-11-26-17/h2-8,11,14,16H,9-10,12-13H2,1H3,(H,21,25)/t14-/m1/s1. The highest BCUT2D eigenvalue weighted by Gasteiger charge is 2.30. The normalized spacial score (nSPS) is 14.9. The zero-order valence-corrected chi connectivity index (χ0v) is 16.8. The Balaban J connectivity index is 1.38. The molecule has 140 valence electrons. The summed E-state index contributed by atoms with van der Waals surface area (Å²) in [5.41, 5.74) is 1.11. The molecule has 0 aliphatic heterocycles. The van der Waals surface area contributed by atoms with Crippen LogP contribution in [0.15, 0.2) is 53.0 Å². The molecule has 5 nitrogen and oxygen atoms in total. The molecule has 3 aromatic rings. The minimum absolute atomic E-state index is 0.00464. The van der Waals surface area contributed by atoms with Crippen LogP contribution in [0.3, 0.4) is 0 Å². The van der Waals surface area contributed by atoms with Crippen LogP contribution in [0.1, 0.15) is 48.1 Å². The van der Waals surface area contributed by atoms with E-state index in [-0.39, 0.29) is 11.9 Å². The molecule has 1 aromatic carbocycles. The van der Waals surface area contributed by atoms with Crippen molar-refractivity contribution in [2.75, 3.05) is 5.75 Å². The second-order valence-corrected chi connectivity index (χ2v) is 8.72. The van der Waals surface area contributed by atoms with Crippen molar-refractivity contribution in [3.63, 3.8) is 0 Å². The maximum Gasteiger partial charge on any atom is 0.230 e. The van der Waals surface area contributed by atoms with E-state index in [4.69, 9.17) is 0 Å². The molecule has 27 heavy (non-hydrogen) atoms. The van der Waals surface area contributed by atoms with E-state index in [9.17, 15) is 4.79 Å². The molecule has 1 atom stereocenters. The fourth-order valence-corrected chi connectivity index (χ4v) is 4.57. The molecule has 1 aliphatic carbocycles. The molecule has 0 radical (unpaired) electrons. The van der Waals surface area contributed by atoms with E-state index in [1.807, 2.05) is 37.3 Å². The van der Waals surface area contributed by atoms with Gasteiger partial charge in [0.05, 0.1) is 11.8 Å². The lowest BCUT2D eigenvalue weighted by Gasteiger charge is -2.14. The van der Waals surface area contributed by atoms with Crippen molar-refractivity contribution >= 4 is 29.0 Å². The molecule has 1 aliphatic rings. The monoisotopic (exact) mass is 398 g/mol. The third-order valence-corrected chi connectivity index (χ3v) is 6.39. The molecule has 0 unspecified atom stereocenters. The Bertz CT molecular complexity index is 888. The van der Waals surface area contributed by atoms with E-state index in [2.05, 4.69) is 37.6 Å². The Kier molecular flexibility index (Phi) is 5.59. The number of rotatable bonds is 8. The molecular formula is C20H22N4OS2. The van der Waals surface area contributed by atoms with Gasteiger partial charge in [0.2, 0.25) is 5.91 Å². The molecule has 4 rings (SSSR count). The number of benzene rings is 1. The van der Waals surface area contributed by atoms with E-state index in [0.29, 0.717) is 11.8 Å². The average Bonchev–Trinajstić information content (AvgIpc) is 3.23. The third-order valence-electron chi connectivity index (χ3n) is 4.57. The summed E-state index contributed by atoms with van der Waals surface area (Å²) in [6.45, 7) is 2.00. The first-order valence-corrected chi connectivity index (χ1v) is 11.0. The Hall–Kier alpha value is -2.12. The number of carbonyl (C=O) groups is 1. The SMILES string of the molecule is C[C@@H](NC(=O)CSc1nnc(Cc2cccs2)n1C1CC1)c1ccccc1. The van der Waals surface area contributed by atoms with E-state index < -0.39 is 0 Å². The molecule has 0 saturated heterocycles. The first-order chi connectivity index (χ1) is 13.2. The predicted molar refractivity (Wildman–Crippen MR) is 109 cm³/mol. The van der Waals surface area contributed by atoms with Crippen LogP contribution in [-0.4, -0.2) is 26.4 Å². The first kappa shape index (κ1) is 18.3. The molecule has 0 spiro atoms. The summed E-state index contributed by atoms with van der Waals surface area (Å²) >= 11 is 3.21. The fourth-order valence-electron chi connectivity index (χ4n) is 3.03. The van der Waals surface area contributed by atoms with Gasteiger partial charge in [0.15, 0.2) is 5.16 Å². The maximum atomic E-state index is 12.4. The van der Waals surface area contributed by atoms with E-state index >= 15 is 0 Å². The van der Waals surface area contributed by atoms with Crippen molar-refractivity contribution in [2.45, 2.75) is 43.4 Å². The van der Waals surface area contributed by atoms with Crippen molar-refractivity contribution in [1.29, 1.82) is 0 Å². The smallest absolute Gasteiger partial charge is 0.230 e. The highest BCUT2D eigenvalue weighted by atomic mass is 32.2. The van der Waals surface area contributed by atoms with Crippen molar-refractivity contribution in [3.05, 3.63) is 64.1 Å². The van der Waals surface area contributed by atoms with Gasteiger partial charge in [-0.3, -0.25) is 4.79 Å². The summed E-state index contributed by atoms with van der Waals surface area (Å²) in [5, 5.41) is 14.8. The Morgan fingerprint density at radius 2 is 2.07 bits per heavy atom. The van der Waals surface area contributed by atoms with Gasteiger partial charge in [0, 0.05) is 17.3 Å². The predicted octanol–water partition coefficient (Wildman–Crippen LogP) is 4.23. The summed E-state index contributed by atoms with van der Waals surface area (Å²) in [6.07, 6.45) is 3.14. The topological polar surface area (TPSA) is 59.8 Å². The van der Waals surface area contributed by atoms with Gasteiger partial charge in [-0.1, -0.05) is 48.2 Å². The minimum Gasteiger partial charge on any atom is -0.349 e. The Morgan fingerprint density at radius 1 is 1.26 bits per heavy atom. The molecule has 0 bridgehead atoms. The first-order valence-electron chi connectivity index (χ1n) is 9.14. The summed E-state index contributed by atoms with van der Waals surface area (Å²) in [6, 6.07) is 14.7. The largest absolute Gasteiger partial charge is 0.349 e. The van der Waals surface area contributed by atoms with Crippen molar-refractivity contribution < 1.29 is 4.79 Å². The number of carbonyl (C=O) groups excluding carboxylic acids is 1. The second kappa shape index (κ2) is 8.27. The summed E-state index contributed by atoms with van der Waals surface area (Å²) in [5.74, 6) is 1.36. The third kappa shape index (κ3) is 4.59.